The Bertz CT molecular complexity index is 1690. The van der Waals surface area contributed by atoms with Crippen molar-refractivity contribution >= 4 is 40.6 Å². The van der Waals surface area contributed by atoms with Gasteiger partial charge < -0.3 is 10.2 Å². The summed E-state index contributed by atoms with van der Waals surface area (Å²) in [7, 11) is 16.8. The first-order valence-corrected chi connectivity index (χ1v) is 20.2. The number of hydrogen-bond donors (Lipinski definition) is 2. The minimum absolute atomic E-state index is 0.0950. The Kier molecular flexibility index (Phi) is 14.7. The number of nitrogens with zero attached hydrogens (tertiary/aromatic N) is 6. The summed E-state index contributed by atoms with van der Waals surface area (Å²) in [6.45, 7) is 13.3. The Balaban J connectivity index is 0.000000249. The van der Waals surface area contributed by atoms with Gasteiger partial charge in [0.1, 0.15) is 0 Å². The van der Waals surface area contributed by atoms with E-state index in [1.807, 2.05) is 24.3 Å². The van der Waals surface area contributed by atoms with Crippen molar-refractivity contribution in [1.82, 2.24) is 9.62 Å². The van der Waals surface area contributed by atoms with Crippen LogP contribution in [0.1, 0.15) is 82.4 Å². The fourth-order valence-corrected chi connectivity index (χ4v) is 7.88. The molecule has 2 unspecified atom stereocenters. The third-order valence-corrected chi connectivity index (χ3v) is 11.3. The second-order valence-corrected chi connectivity index (χ2v) is 18.5. The molecule has 0 aliphatic carbocycles. The van der Waals surface area contributed by atoms with Gasteiger partial charge in [-0.05, 0) is 33.1 Å². The van der Waals surface area contributed by atoms with Gasteiger partial charge in [-0.2, -0.15) is 0 Å². The zero-order chi connectivity index (χ0) is 41.0. The predicted octanol–water partition coefficient (Wildman–Crippen LogP) is 7.20. The molecule has 5 rings (SSSR count). The Morgan fingerprint density at radius 1 is 0.582 bits per heavy atom. The van der Waals surface area contributed by atoms with Gasteiger partial charge in [-0.3, -0.25) is 0 Å². The Morgan fingerprint density at radius 3 is 1.33 bits per heavy atom. The molecule has 0 aromatic heterocycles. The van der Waals surface area contributed by atoms with Crippen molar-refractivity contribution in [3.05, 3.63) is 119 Å². The van der Waals surface area contributed by atoms with Gasteiger partial charge in [-0.15, -0.1) is 0 Å². The van der Waals surface area contributed by atoms with Crippen LogP contribution in [-0.4, -0.2) is 94.1 Å². The van der Waals surface area contributed by atoms with Gasteiger partial charge in [0.2, 0.25) is 0 Å². The van der Waals surface area contributed by atoms with Gasteiger partial charge in [0, 0.05) is 6.42 Å². The average molecular weight is 925 g/mol. The maximum absolute atomic E-state index is 10.5. The second kappa shape index (κ2) is 18.3. The summed E-state index contributed by atoms with van der Waals surface area (Å²) in [4.78, 5) is 13.6. The van der Waals surface area contributed by atoms with Gasteiger partial charge in [-0.25, -0.2) is 0 Å². The standard InChI is InChI=1S/C23H32O2.C21H31B2N6.Pt/c1-22(2,3)18-11-7-16(8-12-18)20(24)15-21(25)17-9-13-19(14-10-17)23(4,5)6;1-24(2)18-9-13-20(14-10-18)28-17-29(23(27(7)8)22(28)26(5)6)21-15-11-19(12-16-21)25(3)4;/h7-14,20-21,24-25H,15H2,1-6H3;9-15H,1-8H3;/q;-1;. The molecule has 2 atom stereocenters. The molecule has 0 radical (unpaired) electrons. The van der Waals surface area contributed by atoms with Crippen LogP contribution in [0.5, 0.6) is 0 Å². The van der Waals surface area contributed by atoms with Crippen LogP contribution in [-0.2, 0) is 30.2 Å². The van der Waals surface area contributed by atoms with E-state index in [4.69, 9.17) is 0 Å². The van der Waals surface area contributed by atoms with Crippen molar-refractivity contribution in [1.29, 1.82) is 0 Å². The molecule has 11 heteroatoms. The molecule has 55 heavy (non-hydrogen) atoms. The molecule has 1 aliphatic rings. The molecule has 4 aromatic carbocycles. The maximum atomic E-state index is 10.5. The van der Waals surface area contributed by atoms with E-state index < -0.39 is 12.2 Å². The van der Waals surface area contributed by atoms with Crippen molar-refractivity contribution in [2.45, 2.75) is 71.0 Å². The van der Waals surface area contributed by atoms with Crippen LogP contribution in [0.25, 0.3) is 0 Å². The van der Waals surface area contributed by atoms with Crippen LogP contribution in [0.2, 0.25) is 0 Å². The average Bonchev–Trinajstić information content (AvgIpc) is 3.44. The topological polar surface area (TPSA) is 59.9 Å². The van der Waals surface area contributed by atoms with Crippen molar-refractivity contribution in [3.8, 4) is 0 Å². The van der Waals surface area contributed by atoms with Crippen LogP contribution in [0, 0.1) is 6.07 Å². The van der Waals surface area contributed by atoms with E-state index in [9.17, 15) is 10.2 Å². The predicted molar refractivity (Wildman–Crippen MR) is 234 cm³/mol. The second-order valence-electron chi connectivity index (χ2n) is 17.5. The number of anilines is 4. The summed E-state index contributed by atoms with van der Waals surface area (Å²) in [5.74, 6) is 0. The van der Waals surface area contributed by atoms with Crippen LogP contribution in [0.4, 0.5) is 22.7 Å². The van der Waals surface area contributed by atoms with Gasteiger partial charge in [0.25, 0.3) is 0 Å². The molecule has 0 saturated carbocycles. The molecule has 0 bridgehead atoms. The van der Waals surface area contributed by atoms with Crippen LogP contribution in [0.15, 0.2) is 91.0 Å². The number of hydrogen-bond acceptors (Lipinski definition) is 8. The van der Waals surface area contributed by atoms with E-state index in [1.165, 1.54) is 26.6 Å². The Morgan fingerprint density at radius 2 is 0.982 bits per heavy atom. The molecule has 2 N–H and O–H groups in total. The third-order valence-electron chi connectivity index (χ3n) is 10.2. The van der Waals surface area contributed by atoms with Gasteiger partial charge in [0.05, 0.1) is 12.2 Å². The normalized spacial score (nSPS) is 14.7. The number of aliphatic hydroxyl groups is 2. The molecule has 0 spiro atoms. The monoisotopic (exact) mass is 924 g/mol. The van der Waals surface area contributed by atoms with E-state index in [0.717, 1.165) is 22.5 Å². The van der Waals surface area contributed by atoms with Gasteiger partial charge >= 0.3 is 194 Å². The fraction of sp³-hybridized carbons (Fsp3) is 0.432. The van der Waals surface area contributed by atoms with Crippen LogP contribution in [0.3, 0.4) is 0 Å². The Hall–Kier alpha value is -3.39. The van der Waals surface area contributed by atoms with Crippen molar-refractivity contribution in [3.63, 3.8) is 0 Å². The first kappa shape index (κ1) is 44.3. The van der Waals surface area contributed by atoms with Crippen molar-refractivity contribution < 1.29 is 29.6 Å². The SMILES string of the molecule is CC(C)(C)c1ccc(C(O)CC(O)c2ccc(C(C)(C)C)cc2)cc1.CN(C)B1B(N(C)C)N(c2ccc(N(C)C)cc2)[C](=[Pt])N1c1[c-]cc(N(C)C)cc1. The molecule has 1 saturated heterocycles. The summed E-state index contributed by atoms with van der Waals surface area (Å²) >= 11 is 2.46. The first-order valence-electron chi connectivity index (χ1n) is 19.1. The van der Waals surface area contributed by atoms with E-state index in [0.29, 0.717) is 6.42 Å². The molecule has 8 nitrogen and oxygen atoms in total. The quantitative estimate of drug-likeness (QED) is 0.128. The van der Waals surface area contributed by atoms with Crippen molar-refractivity contribution in [2.24, 2.45) is 0 Å². The summed E-state index contributed by atoms with van der Waals surface area (Å²) in [5, 5.41) is 20.9. The molecule has 4 aromatic rings. The van der Waals surface area contributed by atoms with Crippen LogP contribution < -0.4 is 19.4 Å². The summed E-state index contributed by atoms with van der Waals surface area (Å²) < 4.78 is 1.17. The summed E-state index contributed by atoms with van der Waals surface area (Å²) in [6, 6.07) is 34.7. The molecular weight excluding hydrogens is 861 g/mol. The zero-order valence-corrected chi connectivity index (χ0v) is 37.8. The Labute approximate surface area is 344 Å². The molecule has 1 heterocycles. The van der Waals surface area contributed by atoms with E-state index >= 15 is 0 Å². The first-order chi connectivity index (χ1) is 25.6. The van der Waals surface area contributed by atoms with Crippen LogP contribution >= 0.6 is 0 Å². The number of benzene rings is 4. The fourth-order valence-electron chi connectivity index (χ4n) is 6.71. The van der Waals surface area contributed by atoms with Crippen molar-refractivity contribution in [2.75, 3.05) is 75.8 Å². The molecule has 1 fully saturated rings. The minimum atomic E-state index is -0.675. The molecule has 1 aliphatic heterocycles. The third kappa shape index (κ3) is 10.9. The van der Waals surface area contributed by atoms with Gasteiger partial charge in [0.15, 0.2) is 0 Å². The van der Waals surface area contributed by atoms with E-state index in [1.54, 1.807) is 0 Å². The van der Waals surface area contributed by atoms with Gasteiger partial charge in [-0.1, -0.05) is 90.1 Å². The summed E-state index contributed by atoms with van der Waals surface area (Å²) in [5.41, 5.74) is 8.96. The molecular formula is C44H63B2N6O2Pt-. The van der Waals surface area contributed by atoms with E-state index in [-0.39, 0.29) is 24.6 Å². The number of aliphatic hydroxyl groups excluding tert-OH is 2. The van der Waals surface area contributed by atoms with E-state index in [2.05, 4.69) is 219 Å². The molecule has 298 valence electrons. The number of rotatable bonds is 10. The zero-order valence-electron chi connectivity index (χ0n) is 35.6. The molecule has 0 amide bonds. The summed E-state index contributed by atoms with van der Waals surface area (Å²) in [6.07, 6.45) is -1.05.